The molecule has 4 heteroatoms. The molecule has 0 saturated carbocycles. The summed E-state index contributed by atoms with van der Waals surface area (Å²) in [4.78, 5) is 0. The number of halogens is 2. The molecule has 0 amide bonds. The minimum absolute atomic E-state index is 0.00269. The van der Waals surface area contributed by atoms with E-state index >= 15 is 0 Å². The zero-order chi connectivity index (χ0) is 12.1. The summed E-state index contributed by atoms with van der Waals surface area (Å²) in [6.07, 6.45) is 0. The third-order valence-corrected chi connectivity index (χ3v) is 3.08. The van der Waals surface area contributed by atoms with Crippen LogP contribution in [-0.2, 0) is 0 Å². The van der Waals surface area contributed by atoms with Gasteiger partial charge in [-0.3, -0.25) is 0 Å². The fraction of sp³-hybridized carbons (Fsp3) is 0.333. The molecule has 0 aromatic heterocycles. The summed E-state index contributed by atoms with van der Waals surface area (Å²) < 4.78 is 0. The largest absolute Gasteiger partial charge is 0.329 e. The van der Waals surface area contributed by atoms with Crippen molar-refractivity contribution in [2.24, 2.45) is 5.73 Å². The third-order valence-electron chi connectivity index (χ3n) is 2.24. The Hall–Kier alpha value is -0.540. The minimum atomic E-state index is 0.00269. The predicted molar refractivity (Wildman–Crippen MR) is 71.1 cm³/mol. The van der Waals surface area contributed by atoms with Gasteiger partial charge in [0.25, 0.3) is 0 Å². The van der Waals surface area contributed by atoms with Crippen molar-refractivity contribution in [3.05, 3.63) is 46.0 Å². The van der Waals surface area contributed by atoms with Crippen molar-refractivity contribution in [2.45, 2.75) is 13.0 Å². The van der Waals surface area contributed by atoms with Crippen LogP contribution in [0, 0.1) is 0 Å². The number of hydrogen-bond donors (Lipinski definition) is 2. The van der Waals surface area contributed by atoms with Crippen LogP contribution in [-0.4, -0.2) is 13.1 Å². The number of rotatable bonds is 5. The molecule has 1 rings (SSSR count). The summed E-state index contributed by atoms with van der Waals surface area (Å²) >= 11 is 12.1. The number of hydrogen-bond acceptors (Lipinski definition) is 2. The molecule has 0 aliphatic carbocycles. The fourth-order valence-electron chi connectivity index (χ4n) is 1.41. The van der Waals surface area contributed by atoms with Gasteiger partial charge in [0.2, 0.25) is 0 Å². The smallest absolute Gasteiger partial charge is 0.0640 e. The van der Waals surface area contributed by atoms with Crippen molar-refractivity contribution < 1.29 is 0 Å². The lowest BCUT2D eigenvalue weighted by molar-refractivity contribution is 0.570. The van der Waals surface area contributed by atoms with Crippen molar-refractivity contribution in [1.29, 1.82) is 0 Å². The molecule has 88 valence electrons. The van der Waals surface area contributed by atoms with Gasteiger partial charge in [-0.25, -0.2) is 0 Å². The molecule has 0 fully saturated rings. The Balaban J connectivity index is 2.86. The topological polar surface area (TPSA) is 38.0 Å². The van der Waals surface area contributed by atoms with Crippen LogP contribution in [0.15, 0.2) is 30.4 Å². The molecule has 1 aromatic rings. The Morgan fingerprint density at radius 3 is 2.75 bits per heavy atom. The highest BCUT2D eigenvalue weighted by Crippen LogP contribution is 2.29. The second-order valence-corrected chi connectivity index (χ2v) is 4.55. The van der Waals surface area contributed by atoms with Crippen LogP contribution >= 0.6 is 23.2 Å². The lowest BCUT2D eigenvalue weighted by Crippen LogP contribution is -2.29. The molecule has 0 saturated heterocycles. The first-order chi connectivity index (χ1) is 7.56. The average molecular weight is 259 g/mol. The standard InChI is InChI=1S/C12H16Cl2N2/c1-8(2)7-16-11(6-15)9-4-3-5-10(13)12(9)14/h3-5,11,16H,1,6-7,15H2,2H3. The summed E-state index contributed by atoms with van der Waals surface area (Å²) in [5.41, 5.74) is 7.70. The summed E-state index contributed by atoms with van der Waals surface area (Å²) in [5, 5.41) is 4.40. The van der Waals surface area contributed by atoms with E-state index in [0.717, 1.165) is 11.1 Å². The Kier molecular flexibility index (Phi) is 5.29. The highest BCUT2D eigenvalue weighted by molar-refractivity contribution is 6.42. The van der Waals surface area contributed by atoms with Crippen molar-refractivity contribution in [1.82, 2.24) is 5.32 Å². The molecule has 0 aliphatic rings. The van der Waals surface area contributed by atoms with Gasteiger partial charge in [0.1, 0.15) is 0 Å². The molecule has 0 heterocycles. The van der Waals surface area contributed by atoms with Crippen LogP contribution in [0.5, 0.6) is 0 Å². The first kappa shape index (κ1) is 13.5. The van der Waals surface area contributed by atoms with Gasteiger partial charge in [-0.05, 0) is 18.6 Å². The van der Waals surface area contributed by atoms with Crippen LogP contribution in [0.1, 0.15) is 18.5 Å². The van der Waals surface area contributed by atoms with Gasteiger partial charge in [-0.1, -0.05) is 47.5 Å². The molecule has 0 radical (unpaired) electrons. The molecule has 3 N–H and O–H groups in total. The van der Waals surface area contributed by atoms with Crippen LogP contribution in [0.4, 0.5) is 0 Å². The third kappa shape index (κ3) is 3.49. The molecule has 16 heavy (non-hydrogen) atoms. The van der Waals surface area contributed by atoms with E-state index in [9.17, 15) is 0 Å². The second kappa shape index (κ2) is 6.26. The van der Waals surface area contributed by atoms with E-state index in [4.69, 9.17) is 28.9 Å². The van der Waals surface area contributed by atoms with E-state index in [-0.39, 0.29) is 6.04 Å². The highest BCUT2D eigenvalue weighted by Gasteiger charge is 2.14. The van der Waals surface area contributed by atoms with Crippen LogP contribution < -0.4 is 11.1 Å². The summed E-state index contributed by atoms with van der Waals surface area (Å²) in [5.74, 6) is 0. The summed E-state index contributed by atoms with van der Waals surface area (Å²) in [6, 6.07) is 5.56. The molecule has 2 nitrogen and oxygen atoms in total. The minimum Gasteiger partial charge on any atom is -0.329 e. The SMILES string of the molecule is C=C(C)CNC(CN)c1cccc(Cl)c1Cl. The molecule has 1 atom stereocenters. The first-order valence-corrected chi connectivity index (χ1v) is 5.83. The molecular weight excluding hydrogens is 243 g/mol. The van der Waals surface area contributed by atoms with Crippen LogP contribution in [0.3, 0.4) is 0 Å². The maximum Gasteiger partial charge on any atom is 0.0640 e. The predicted octanol–water partition coefficient (Wildman–Crippen LogP) is 3.16. The molecule has 1 aromatic carbocycles. The van der Waals surface area contributed by atoms with Crippen molar-refractivity contribution in [2.75, 3.05) is 13.1 Å². The zero-order valence-electron chi connectivity index (χ0n) is 9.26. The van der Waals surface area contributed by atoms with Gasteiger partial charge < -0.3 is 11.1 Å². The van der Waals surface area contributed by atoms with E-state index in [2.05, 4.69) is 11.9 Å². The van der Waals surface area contributed by atoms with E-state index in [1.807, 2.05) is 19.1 Å². The van der Waals surface area contributed by atoms with E-state index < -0.39 is 0 Å². The summed E-state index contributed by atoms with van der Waals surface area (Å²) in [6.45, 7) is 6.97. The highest BCUT2D eigenvalue weighted by atomic mass is 35.5. The monoisotopic (exact) mass is 258 g/mol. The Bertz CT molecular complexity index is 377. The Labute approximate surface area is 106 Å². The van der Waals surface area contributed by atoms with Gasteiger partial charge in [-0.15, -0.1) is 0 Å². The second-order valence-electron chi connectivity index (χ2n) is 3.77. The average Bonchev–Trinajstić information content (AvgIpc) is 2.24. The van der Waals surface area contributed by atoms with Crippen LogP contribution in [0.2, 0.25) is 10.0 Å². The maximum atomic E-state index is 6.13. The Morgan fingerprint density at radius 1 is 1.50 bits per heavy atom. The fourth-order valence-corrected chi connectivity index (χ4v) is 1.85. The normalized spacial score (nSPS) is 12.5. The summed E-state index contributed by atoms with van der Waals surface area (Å²) in [7, 11) is 0. The van der Waals surface area contributed by atoms with E-state index in [1.54, 1.807) is 6.07 Å². The van der Waals surface area contributed by atoms with Gasteiger partial charge in [-0.2, -0.15) is 0 Å². The van der Waals surface area contributed by atoms with E-state index in [0.29, 0.717) is 23.1 Å². The van der Waals surface area contributed by atoms with Gasteiger partial charge in [0, 0.05) is 19.1 Å². The number of benzene rings is 1. The van der Waals surface area contributed by atoms with Crippen molar-refractivity contribution in [3.63, 3.8) is 0 Å². The zero-order valence-corrected chi connectivity index (χ0v) is 10.8. The van der Waals surface area contributed by atoms with Crippen molar-refractivity contribution >= 4 is 23.2 Å². The maximum absolute atomic E-state index is 6.13. The van der Waals surface area contributed by atoms with E-state index in [1.165, 1.54) is 0 Å². The Morgan fingerprint density at radius 2 is 2.19 bits per heavy atom. The number of nitrogens with two attached hydrogens (primary N) is 1. The lowest BCUT2D eigenvalue weighted by Gasteiger charge is -2.19. The lowest BCUT2D eigenvalue weighted by atomic mass is 10.1. The molecular formula is C12H16Cl2N2. The quantitative estimate of drug-likeness (QED) is 0.797. The molecule has 0 aliphatic heterocycles. The number of nitrogens with one attached hydrogen (secondary N) is 1. The van der Waals surface area contributed by atoms with Gasteiger partial charge in [0.15, 0.2) is 0 Å². The van der Waals surface area contributed by atoms with Crippen molar-refractivity contribution in [3.8, 4) is 0 Å². The van der Waals surface area contributed by atoms with Crippen LogP contribution in [0.25, 0.3) is 0 Å². The molecule has 0 bridgehead atoms. The first-order valence-electron chi connectivity index (χ1n) is 5.08. The van der Waals surface area contributed by atoms with Gasteiger partial charge >= 0.3 is 0 Å². The molecule has 0 spiro atoms. The molecule has 1 unspecified atom stereocenters. The van der Waals surface area contributed by atoms with Gasteiger partial charge in [0.05, 0.1) is 10.0 Å².